The van der Waals surface area contributed by atoms with E-state index in [-0.39, 0.29) is 0 Å². The zero-order valence-corrected chi connectivity index (χ0v) is 20.0. The Hall–Kier alpha value is -4.71. The molecule has 0 saturated carbocycles. The highest BCUT2D eigenvalue weighted by Crippen LogP contribution is 2.44. The molecule has 0 fully saturated rings. The second kappa shape index (κ2) is 7.65. The predicted molar refractivity (Wildman–Crippen MR) is 140 cm³/mol. The Morgan fingerprint density at radius 1 is 0.417 bits per heavy atom. The number of benzene rings is 4. The molecule has 174 valence electrons. The molecule has 7 rings (SSSR count). The van der Waals surface area contributed by atoms with Crippen molar-refractivity contribution in [3.05, 3.63) is 89.5 Å². The number of para-hydroxylation sites is 6. The summed E-state index contributed by atoms with van der Waals surface area (Å²) in [5.41, 5.74) is 10.2. The van der Waals surface area contributed by atoms with E-state index in [1.165, 1.54) is 0 Å². The Bertz CT molecular complexity index is 1600. The van der Waals surface area contributed by atoms with E-state index in [0.29, 0.717) is 17.7 Å². The van der Waals surface area contributed by atoms with Crippen LogP contribution in [0.1, 0.15) is 16.7 Å². The monoisotopic (exact) mass is 471 g/mol. The minimum Gasteiger partial charge on any atom is -0.436 e. The number of oxazole rings is 3. The Morgan fingerprint density at radius 3 is 0.972 bits per heavy atom. The fourth-order valence-electron chi connectivity index (χ4n) is 5.12. The normalized spacial score (nSPS) is 11.8. The Labute approximate surface area is 206 Å². The standard InChI is InChI=1S/C30H21N3O3/c1-16-25(28-31-19-10-4-7-13-22(19)34-28)17(2)27(30-33-21-12-6-9-15-24(21)36-30)18(3)26(16)29-32-20-11-5-8-14-23(20)35-29/h4-15H,1-3H3. The largest absolute Gasteiger partial charge is 0.436 e. The van der Waals surface area contributed by atoms with E-state index in [2.05, 4.69) is 20.8 Å². The highest BCUT2D eigenvalue weighted by atomic mass is 16.4. The Morgan fingerprint density at radius 2 is 0.694 bits per heavy atom. The van der Waals surface area contributed by atoms with E-state index >= 15 is 0 Å². The van der Waals surface area contributed by atoms with Gasteiger partial charge in [0.2, 0.25) is 17.7 Å². The second-order valence-electron chi connectivity index (χ2n) is 8.96. The second-order valence-corrected chi connectivity index (χ2v) is 8.96. The average Bonchev–Trinajstić information content (AvgIpc) is 3.59. The maximum Gasteiger partial charge on any atom is 0.227 e. The molecule has 0 atom stereocenters. The number of hydrogen-bond acceptors (Lipinski definition) is 6. The third-order valence-electron chi connectivity index (χ3n) is 6.77. The van der Waals surface area contributed by atoms with E-state index in [4.69, 9.17) is 28.2 Å². The third kappa shape index (κ3) is 3.01. The molecule has 0 spiro atoms. The van der Waals surface area contributed by atoms with Crippen molar-refractivity contribution in [2.45, 2.75) is 20.8 Å². The van der Waals surface area contributed by atoms with Crippen LogP contribution in [0, 0.1) is 20.8 Å². The van der Waals surface area contributed by atoms with Gasteiger partial charge in [0.1, 0.15) is 16.6 Å². The molecule has 0 saturated heterocycles. The maximum atomic E-state index is 6.24. The highest BCUT2D eigenvalue weighted by molar-refractivity contribution is 5.90. The van der Waals surface area contributed by atoms with Gasteiger partial charge in [-0.05, 0) is 73.9 Å². The van der Waals surface area contributed by atoms with Gasteiger partial charge in [0.15, 0.2) is 16.7 Å². The van der Waals surface area contributed by atoms with Crippen LogP contribution in [0.4, 0.5) is 0 Å². The van der Waals surface area contributed by atoms with Crippen LogP contribution >= 0.6 is 0 Å². The van der Waals surface area contributed by atoms with E-state index in [9.17, 15) is 0 Å². The molecule has 6 nitrogen and oxygen atoms in total. The molecule has 36 heavy (non-hydrogen) atoms. The Kier molecular flexibility index (Phi) is 4.39. The van der Waals surface area contributed by atoms with Gasteiger partial charge in [-0.25, -0.2) is 15.0 Å². The first-order valence-corrected chi connectivity index (χ1v) is 11.8. The van der Waals surface area contributed by atoms with Crippen molar-refractivity contribution in [2.24, 2.45) is 0 Å². The van der Waals surface area contributed by atoms with Crippen molar-refractivity contribution in [2.75, 3.05) is 0 Å². The first kappa shape index (κ1) is 20.6. The Balaban J connectivity index is 1.57. The van der Waals surface area contributed by atoms with Gasteiger partial charge < -0.3 is 13.3 Å². The fourth-order valence-corrected chi connectivity index (χ4v) is 5.12. The molecular weight excluding hydrogens is 450 g/mol. The summed E-state index contributed by atoms with van der Waals surface area (Å²) in [6, 6.07) is 23.3. The van der Waals surface area contributed by atoms with Crippen molar-refractivity contribution in [3.8, 4) is 34.4 Å². The van der Waals surface area contributed by atoms with Gasteiger partial charge in [-0.1, -0.05) is 36.4 Å². The summed E-state index contributed by atoms with van der Waals surface area (Å²) in [6.45, 7) is 6.18. The lowest BCUT2D eigenvalue weighted by Gasteiger charge is -2.17. The fraction of sp³-hybridized carbons (Fsp3) is 0.100. The van der Waals surface area contributed by atoms with Gasteiger partial charge in [-0.15, -0.1) is 0 Å². The number of fused-ring (bicyclic) bond motifs is 3. The number of rotatable bonds is 3. The van der Waals surface area contributed by atoms with E-state index in [1.54, 1.807) is 0 Å². The van der Waals surface area contributed by atoms with Crippen molar-refractivity contribution < 1.29 is 13.3 Å². The number of aromatic nitrogens is 3. The van der Waals surface area contributed by atoms with Crippen molar-refractivity contribution >= 4 is 33.3 Å². The van der Waals surface area contributed by atoms with E-state index in [0.717, 1.165) is 66.7 Å². The third-order valence-corrected chi connectivity index (χ3v) is 6.77. The molecule has 0 aliphatic heterocycles. The lowest BCUT2D eigenvalue weighted by molar-refractivity contribution is 0.612. The van der Waals surface area contributed by atoms with E-state index in [1.807, 2.05) is 72.8 Å². The zero-order chi connectivity index (χ0) is 24.4. The van der Waals surface area contributed by atoms with Crippen LogP contribution in [0.2, 0.25) is 0 Å². The molecule has 3 heterocycles. The zero-order valence-electron chi connectivity index (χ0n) is 20.0. The molecule has 6 heteroatoms. The number of nitrogens with zero attached hydrogens (tertiary/aromatic N) is 3. The average molecular weight is 472 g/mol. The van der Waals surface area contributed by atoms with Crippen LogP contribution in [-0.2, 0) is 0 Å². The van der Waals surface area contributed by atoms with Crippen molar-refractivity contribution in [1.82, 2.24) is 15.0 Å². The van der Waals surface area contributed by atoms with Crippen molar-refractivity contribution in [3.63, 3.8) is 0 Å². The minimum atomic E-state index is 0.543. The predicted octanol–water partition coefficient (Wildman–Crippen LogP) is 8.04. The molecule has 4 aromatic carbocycles. The number of hydrogen-bond donors (Lipinski definition) is 0. The topological polar surface area (TPSA) is 78.1 Å². The lowest BCUT2D eigenvalue weighted by Crippen LogP contribution is -2.01. The molecule has 0 unspecified atom stereocenters. The molecule has 0 radical (unpaired) electrons. The van der Waals surface area contributed by atoms with Crippen LogP contribution in [-0.4, -0.2) is 15.0 Å². The molecular formula is C30H21N3O3. The SMILES string of the molecule is Cc1c(-c2nc3ccccc3o2)c(C)c(-c2nc3ccccc3o2)c(C)c1-c1nc2ccccc2o1. The van der Waals surface area contributed by atoms with Gasteiger partial charge in [0.25, 0.3) is 0 Å². The summed E-state index contributed by atoms with van der Waals surface area (Å²) in [5.74, 6) is 1.63. The molecule has 0 N–H and O–H groups in total. The molecule has 0 aliphatic carbocycles. The molecule has 0 aliphatic rings. The highest BCUT2D eigenvalue weighted by Gasteiger charge is 2.27. The lowest BCUT2D eigenvalue weighted by atomic mass is 9.87. The maximum absolute atomic E-state index is 6.24. The van der Waals surface area contributed by atoms with Gasteiger partial charge >= 0.3 is 0 Å². The molecule has 7 aromatic rings. The first-order valence-electron chi connectivity index (χ1n) is 11.8. The van der Waals surface area contributed by atoms with Crippen LogP contribution in [0.15, 0.2) is 86.0 Å². The smallest absolute Gasteiger partial charge is 0.227 e. The molecule has 0 bridgehead atoms. The summed E-state index contributed by atoms with van der Waals surface area (Å²) >= 11 is 0. The van der Waals surface area contributed by atoms with Crippen LogP contribution < -0.4 is 0 Å². The molecule has 0 amide bonds. The van der Waals surface area contributed by atoms with Gasteiger partial charge in [0.05, 0.1) is 0 Å². The summed E-state index contributed by atoms with van der Waals surface area (Å²) in [6.07, 6.45) is 0. The minimum absolute atomic E-state index is 0.543. The van der Waals surface area contributed by atoms with Crippen LogP contribution in [0.25, 0.3) is 67.7 Å². The summed E-state index contributed by atoms with van der Waals surface area (Å²) in [4.78, 5) is 14.5. The molecule has 3 aromatic heterocycles. The quantitative estimate of drug-likeness (QED) is 0.259. The van der Waals surface area contributed by atoms with Gasteiger partial charge in [0, 0.05) is 16.7 Å². The van der Waals surface area contributed by atoms with Crippen molar-refractivity contribution in [1.29, 1.82) is 0 Å². The summed E-state index contributed by atoms with van der Waals surface area (Å²) < 4.78 is 18.7. The van der Waals surface area contributed by atoms with Gasteiger partial charge in [-0.2, -0.15) is 0 Å². The van der Waals surface area contributed by atoms with Crippen LogP contribution in [0.3, 0.4) is 0 Å². The summed E-state index contributed by atoms with van der Waals surface area (Å²) in [5, 5.41) is 0. The van der Waals surface area contributed by atoms with E-state index < -0.39 is 0 Å². The summed E-state index contributed by atoms with van der Waals surface area (Å²) in [7, 11) is 0. The van der Waals surface area contributed by atoms with Crippen LogP contribution in [0.5, 0.6) is 0 Å². The first-order chi connectivity index (χ1) is 17.6. The van der Waals surface area contributed by atoms with Gasteiger partial charge in [-0.3, -0.25) is 0 Å².